The monoisotopic (exact) mass is 438 g/mol. The van der Waals surface area contributed by atoms with E-state index in [-0.39, 0.29) is 5.56 Å². The van der Waals surface area contributed by atoms with Gasteiger partial charge in [0.1, 0.15) is 0 Å². The van der Waals surface area contributed by atoms with Crippen molar-refractivity contribution in [2.45, 2.75) is 38.7 Å². The molecule has 3 aromatic rings. The molecule has 0 aliphatic carbocycles. The molecule has 1 aliphatic rings. The summed E-state index contributed by atoms with van der Waals surface area (Å²) in [6.07, 6.45) is -4.36. The lowest BCUT2D eigenvalue weighted by atomic mass is 9.97. The van der Waals surface area contributed by atoms with Crippen molar-refractivity contribution in [1.82, 2.24) is 9.80 Å². The highest BCUT2D eigenvalue weighted by Gasteiger charge is 2.33. The maximum Gasteiger partial charge on any atom is 0.417 e. The molecule has 1 saturated heterocycles. The van der Waals surface area contributed by atoms with Crippen LogP contribution in [0.4, 0.5) is 13.2 Å². The van der Waals surface area contributed by atoms with Gasteiger partial charge in [-0.15, -0.1) is 0 Å². The van der Waals surface area contributed by atoms with Gasteiger partial charge in [0.15, 0.2) is 0 Å². The molecule has 1 unspecified atom stereocenters. The Morgan fingerprint density at radius 2 is 1.50 bits per heavy atom. The summed E-state index contributed by atoms with van der Waals surface area (Å²) in [6, 6.07) is 24.7. The first-order valence-corrected chi connectivity index (χ1v) is 11.1. The lowest BCUT2D eigenvalue weighted by Gasteiger charge is -2.44. The summed E-state index contributed by atoms with van der Waals surface area (Å²) in [5, 5.41) is 0. The van der Waals surface area contributed by atoms with Crippen molar-refractivity contribution in [3.8, 4) is 11.1 Å². The van der Waals surface area contributed by atoms with Gasteiger partial charge >= 0.3 is 6.18 Å². The summed E-state index contributed by atoms with van der Waals surface area (Å²) in [5.74, 6) is 0. The van der Waals surface area contributed by atoms with Crippen molar-refractivity contribution in [3.05, 3.63) is 95.6 Å². The highest BCUT2D eigenvalue weighted by Crippen LogP contribution is 2.37. The molecule has 0 saturated carbocycles. The van der Waals surface area contributed by atoms with Gasteiger partial charge in [0, 0.05) is 38.3 Å². The Kier molecular flexibility index (Phi) is 6.68. The molecule has 0 bridgehead atoms. The Balaban J connectivity index is 1.50. The quantitative estimate of drug-likeness (QED) is 0.441. The second-order valence-corrected chi connectivity index (χ2v) is 8.73. The van der Waals surface area contributed by atoms with Crippen LogP contribution in [0.15, 0.2) is 78.9 Å². The van der Waals surface area contributed by atoms with Crippen molar-refractivity contribution in [1.29, 1.82) is 0 Å². The van der Waals surface area contributed by atoms with Gasteiger partial charge in [0.2, 0.25) is 0 Å². The molecule has 0 amide bonds. The van der Waals surface area contributed by atoms with E-state index in [0.29, 0.717) is 17.6 Å². The van der Waals surface area contributed by atoms with E-state index in [1.165, 1.54) is 17.7 Å². The number of nitrogens with zero attached hydrogens (tertiary/aromatic N) is 2. The van der Waals surface area contributed by atoms with E-state index in [4.69, 9.17) is 0 Å². The van der Waals surface area contributed by atoms with Crippen molar-refractivity contribution in [3.63, 3.8) is 0 Å². The van der Waals surface area contributed by atoms with Crippen LogP contribution in [0.5, 0.6) is 0 Å². The Labute approximate surface area is 188 Å². The van der Waals surface area contributed by atoms with Crippen molar-refractivity contribution < 1.29 is 13.2 Å². The van der Waals surface area contributed by atoms with Crippen LogP contribution in [0.1, 0.15) is 36.6 Å². The Hall–Kier alpha value is -2.63. The molecule has 1 fully saturated rings. The molecule has 4 rings (SSSR count). The van der Waals surface area contributed by atoms with Gasteiger partial charge in [-0.3, -0.25) is 9.80 Å². The number of hydrogen-bond acceptors (Lipinski definition) is 2. The van der Waals surface area contributed by atoms with Gasteiger partial charge in [-0.25, -0.2) is 0 Å². The summed E-state index contributed by atoms with van der Waals surface area (Å²) in [6.45, 7) is 8.16. The molecule has 0 spiro atoms. The smallest absolute Gasteiger partial charge is 0.296 e. The molecule has 1 aliphatic heterocycles. The molecule has 1 heterocycles. The van der Waals surface area contributed by atoms with E-state index in [9.17, 15) is 13.2 Å². The topological polar surface area (TPSA) is 6.48 Å². The lowest BCUT2D eigenvalue weighted by molar-refractivity contribution is -0.137. The van der Waals surface area contributed by atoms with Gasteiger partial charge in [-0.1, -0.05) is 72.8 Å². The summed E-state index contributed by atoms with van der Waals surface area (Å²) < 4.78 is 40.1. The minimum Gasteiger partial charge on any atom is -0.296 e. The molecule has 1 atom stereocenters. The molecular weight excluding hydrogens is 409 g/mol. The van der Waals surface area contributed by atoms with Crippen LogP contribution in [-0.2, 0) is 12.7 Å². The van der Waals surface area contributed by atoms with Crippen LogP contribution < -0.4 is 0 Å². The summed E-state index contributed by atoms with van der Waals surface area (Å²) in [7, 11) is 0. The molecule has 32 heavy (non-hydrogen) atoms. The Morgan fingerprint density at radius 1 is 0.844 bits per heavy atom. The number of halogens is 3. The first-order chi connectivity index (χ1) is 15.3. The number of piperazine rings is 1. The highest BCUT2D eigenvalue weighted by atomic mass is 19.4. The molecule has 0 N–H and O–H groups in total. The maximum atomic E-state index is 13.4. The molecule has 2 nitrogen and oxygen atoms in total. The predicted molar refractivity (Wildman–Crippen MR) is 123 cm³/mol. The molecule has 168 valence electrons. The predicted octanol–water partition coefficient (Wildman–Crippen LogP) is 6.64. The third kappa shape index (κ3) is 5.05. The third-order valence-electron chi connectivity index (χ3n) is 6.26. The Bertz CT molecular complexity index is 1010. The van der Waals surface area contributed by atoms with Crippen molar-refractivity contribution in [2.75, 3.05) is 19.6 Å². The molecule has 5 heteroatoms. The zero-order valence-corrected chi connectivity index (χ0v) is 18.5. The minimum atomic E-state index is -4.36. The van der Waals surface area contributed by atoms with Crippen molar-refractivity contribution in [2.24, 2.45) is 0 Å². The second kappa shape index (κ2) is 9.47. The number of rotatable bonds is 5. The van der Waals surface area contributed by atoms with Gasteiger partial charge in [-0.05, 0) is 42.2 Å². The van der Waals surface area contributed by atoms with Crippen LogP contribution in [0.25, 0.3) is 11.1 Å². The van der Waals surface area contributed by atoms with Crippen LogP contribution in [-0.4, -0.2) is 35.5 Å². The molecule has 3 aromatic carbocycles. The summed E-state index contributed by atoms with van der Waals surface area (Å²) in [4.78, 5) is 4.98. The van der Waals surface area contributed by atoms with E-state index in [2.05, 4.69) is 47.9 Å². The molecular formula is C27H29F3N2. The van der Waals surface area contributed by atoms with Gasteiger partial charge in [0.25, 0.3) is 0 Å². The van der Waals surface area contributed by atoms with Crippen molar-refractivity contribution >= 4 is 0 Å². The highest BCUT2D eigenvalue weighted by molar-refractivity contribution is 5.68. The van der Waals surface area contributed by atoms with E-state index in [0.717, 1.165) is 37.8 Å². The normalized spacial score (nSPS) is 18.2. The first kappa shape index (κ1) is 22.6. The lowest BCUT2D eigenvalue weighted by Crippen LogP contribution is -2.50. The average Bonchev–Trinajstić information content (AvgIpc) is 2.79. The SMILES string of the molecule is CC(C)N1CCN(Cc2ccc(-c3ccccc3C(F)(F)F)cc2)CC1c1ccccc1. The molecule has 0 radical (unpaired) electrons. The first-order valence-electron chi connectivity index (χ1n) is 11.1. The maximum absolute atomic E-state index is 13.4. The number of alkyl halides is 3. The molecule has 0 aromatic heterocycles. The zero-order valence-electron chi connectivity index (χ0n) is 18.5. The van der Waals surface area contributed by atoms with E-state index < -0.39 is 11.7 Å². The van der Waals surface area contributed by atoms with E-state index in [1.54, 1.807) is 18.2 Å². The second-order valence-electron chi connectivity index (χ2n) is 8.73. The summed E-state index contributed by atoms with van der Waals surface area (Å²) >= 11 is 0. The van der Waals surface area contributed by atoms with Gasteiger partial charge < -0.3 is 0 Å². The van der Waals surface area contributed by atoms with E-state index >= 15 is 0 Å². The van der Waals surface area contributed by atoms with E-state index in [1.807, 2.05) is 18.2 Å². The standard InChI is InChI=1S/C27H29F3N2/c1-20(2)32-17-16-31(19-26(32)23-8-4-3-5-9-23)18-21-12-14-22(15-13-21)24-10-6-7-11-25(24)27(28,29)30/h3-15,20,26H,16-19H2,1-2H3. The average molecular weight is 439 g/mol. The number of hydrogen-bond donors (Lipinski definition) is 0. The third-order valence-corrected chi connectivity index (χ3v) is 6.26. The minimum absolute atomic E-state index is 0.223. The fraction of sp³-hybridized carbons (Fsp3) is 0.333. The van der Waals surface area contributed by atoms with Crippen LogP contribution in [0.2, 0.25) is 0 Å². The fourth-order valence-electron chi connectivity index (χ4n) is 4.62. The fourth-order valence-corrected chi connectivity index (χ4v) is 4.62. The zero-order chi connectivity index (χ0) is 22.7. The Morgan fingerprint density at radius 3 is 2.16 bits per heavy atom. The van der Waals surface area contributed by atoms with Crippen LogP contribution >= 0.6 is 0 Å². The van der Waals surface area contributed by atoms with Gasteiger partial charge in [0.05, 0.1) is 5.56 Å². The van der Waals surface area contributed by atoms with Crippen LogP contribution in [0, 0.1) is 0 Å². The van der Waals surface area contributed by atoms with Crippen LogP contribution in [0.3, 0.4) is 0 Å². The largest absolute Gasteiger partial charge is 0.417 e. The number of benzene rings is 3. The van der Waals surface area contributed by atoms with Gasteiger partial charge in [-0.2, -0.15) is 13.2 Å². The summed E-state index contributed by atoms with van der Waals surface area (Å²) in [5.41, 5.74) is 2.66.